The van der Waals surface area contributed by atoms with Gasteiger partial charge in [-0.2, -0.15) is 0 Å². The van der Waals surface area contributed by atoms with Crippen molar-refractivity contribution in [3.05, 3.63) is 65.7 Å². The summed E-state index contributed by atoms with van der Waals surface area (Å²) in [7, 11) is 0. The summed E-state index contributed by atoms with van der Waals surface area (Å²) in [4.78, 5) is 15.5. The maximum absolute atomic E-state index is 13.4. The maximum atomic E-state index is 13.4. The highest BCUT2D eigenvalue weighted by molar-refractivity contribution is 5.83. The van der Waals surface area contributed by atoms with Crippen LogP contribution in [0.2, 0.25) is 0 Å². The van der Waals surface area contributed by atoms with E-state index in [-0.39, 0.29) is 18.1 Å². The van der Waals surface area contributed by atoms with Crippen molar-refractivity contribution < 1.29 is 4.79 Å². The molecule has 0 bridgehead atoms. The lowest BCUT2D eigenvalue weighted by Crippen LogP contribution is -2.49. The van der Waals surface area contributed by atoms with Crippen LogP contribution in [0.25, 0.3) is 0 Å². The van der Waals surface area contributed by atoms with Crippen LogP contribution in [0.5, 0.6) is 0 Å². The van der Waals surface area contributed by atoms with E-state index in [1.165, 1.54) is 23.2 Å². The Morgan fingerprint density at radius 2 is 1.78 bits per heavy atom. The van der Waals surface area contributed by atoms with E-state index in [0.29, 0.717) is 11.8 Å². The Bertz CT molecular complexity index is 815. The molecule has 140 valence electrons. The van der Waals surface area contributed by atoms with Gasteiger partial charge in [0, 0.05) is 18.2 Å². The SMILES string of the molecule is O=C([C@H]1CCCCN1)N1CC[C@@H]2[C@H](c3ccccc3)Nc3ccccc3[C@@H]21. The normalized spacial score (nSPS) is 29.6. The molecular weight excluding hydrogens is 334 g/mol. The molecule has 2 aromatic carbocycles. The third-order valence-corrected chi connectivity index (χ3v) is 6.51. The largest absolute Gasteiger partial charge is 0.378 e. The lowest BCUT2D eigenvalue weighted by Gasteiger charge is -2.41. The van der Waals surface area contributed by atoms with Gasteiger partial charge in [-0.3, -0.25) is 4.79 Å². The van der Waals surface area contributed by atoms with Crippen molar-refractivity contribution in [1.29, 1.82) is 0 Å². The number of carbonyl (C=O) groups is 1. The van der Waals surface area contributed by atoms with Gasteiger partial charge in [0.1, 0.15) is 0 Å². The predicted octanol–water partition coefficient (Wildman–Crippen LogP) is 3.89. The number of piperidine rings is 1. The molecule has 4 heteroatoms. The summed E-state index contributed by atoms with van der Waals surface area (Å²) in [6, 6.07) is 19.6. The number of nitrogens with zero attached hydrogens (tertiary/aromatic N) is 1. The van der Waals surface area contributed by atoms with E-state index >= 15 is 0 Å². The molecule has 2 saturated heterocycles. The van der Waals surface area contributed by atoms with Gasteiger partial charge in [-0.25, -0.2) is 0 Å². The molecule has 3 heterocycles. The lowest BCUT2D eigenvalue weighted by atomic mass is 9.80. The predicted molar refractivity (Wildman–Crippen MR) is 107 cm³/mol. The number of fused-ring (bicyclic) bond motifs is 3. The van der Waals surface area contributed by atoms with Crippen LogP contribution in [0, 0.1) is 5.92 Å². The summed E-state index contributed by atoms with van der Waals surface area (Å²) in [5.74, 6) is 0.709. The quantitative estimate of drug-likeness (QED) is 0.853. The molecule has 27 heavy (non-hydrogen) atoms. The average molecular weight is 361 g/mol. The molecule has 3 aliphatic heterocycles. The van der Waals surface area contributed by atoms with Crippen molar-refractivity contribution in [2.75, 3.05) is 18.4 Å². The third-order valence-electron chi connectivity index (χ3n) is 6.51. The number of para-hydroxylation sites is 1. The molecule has 0 radical (unpaired) electrons. The molecule has 2 aromatic rings. The zero-order chi connectivity index (χ0) is 18.2. The summed E-state index contributed by atoms with van der Waals surface area (Å²) in [6.07, 6.45) is 4.34. The first-order valence-corrected chi connectivity index (χ1v) is 10.3. The highest BCUT2D eigenvalue weighted by atomic mass is 16.2. The summed E-state index contributed by atoms with van der Waals surface area (Å²) in [6.45, 7) is 1.81. The molecule has 0 saturated carbocycles. The molecule has 3 aliphatic rings. The van der Waals surface area contributed by atoms with Crippen LogP contribution in [0.15, 0.2) is 54.6 Å². The van der Waals surface area contributed by atoms with Crippen LogP contribution in [0.4, 0.5) is 5.69 Å². The third kappa shape index (κ3) is 2.92. The topological polar surface area (TPSA) is 44.4 Å². The van der Waals surface area contributed by atoms with Crippen molar-refractivity contribution in [2.45, 2.75) is 43.8 Å². The minimum Gasteiger partial charge on any atom is -0.378 e. The van der Waals surface area contributed by atoms with Crippen LogP contribution in [-0.2, 0) is 4.79 Å². The number of likely N-dealkylation sites (tertiary alicyclic amines) is 1. The highest BCUT2D eigenvalue weighted by Gasteiger charge is 2.47. The molecule has 0 aliphatic carbocycles. The first kappa shape index (κ1) is 16.8. The number of anilines is 1. The van der Waals surface area contributed by atoms with E-state index in [2.05, 4.69) is 70.1 Å². The summed E-state index contributed by atoms with van der Waals surface area (Å²) >= 11 is 0. The molecule has 4 atom stereocenters. The van der Waals surface area contributed by atoms with E-state index in [4.69, 9.17) is 0 Å². The van der Waals surface area contributed by atoms with Crippen molar-refractivity contribution in [3.8, 4) is 0 Å². The molecule has 2 N–H and O–H groups in total. The second-order valence-corrected chi connectivity index (χ2v) is 8.05. The van der Waals surface area contributed by atoms with Crippen LogP contribution >= 0.6 is 0 Å². The second kappa shape index (κ2) is 7.01. The Morgan fingerprint density at radius 1 is 0.963 bits per heavy atom. The number of nitrogens with one attached hydrogen (secondary N) is 2. The average Bonchev–Trinajstić information content (AvgIpc) is 3.19. The first-order valence-electron chi connectivity index (χ1n) is 10.3. The van der Waals surface area contributed by atoms with E-state index < -0.39 is 0 Å². The van der Waals surface area contributed by atoms with Gasteiger partial charge in [0.2, 0.25) is 5.91 Å². The van der Waals surface area contributed by atoms with Gasteiger partial charge >= 0.3 is 0 Å². The molecule has 0 unspecified atom stereocenters. The zero-order valence-corrected chi connectivity index (χ0v) is 15.6. The van der Waals surface area contributed by atoms with E-state index in [9.17, 15) is 4.79 Å². The van der Waals surface area contributed by atoms with Crippen molar-refractivity contribution >= 4 is 11.6 Å². The maximum Gasteiger partial charge on any atom is 0.240 e. The van der Waals surface area contributed by atoms with Crippen LogP contribution in [0.3, 0.4) is 0 Å². The van der Waals surface area contributed by atoms with Crippen molar-refractivity contribution in [1.82, 2.24) is 10.2 Å². The minimum atomic E-state index is -0.00489. The van der Waals surface area contributed by atoms with Gasteiger partial charge in [0.25, 0.3) is 0 Å². The van der Waals surface area contributed by atoms with Gasteiger partial charge < -0.3 is 15.5 Å². The van der Waals surface area contributed by atoms with E-state index in [0.717, 1.165) is 32.4 Å². The number of carbonyl (C=O) groups excluding carboxylic acids is 1. The molecular formula is C23H27N3O. The molecule has 4 nitrogen and oxygen atoms in total. The monoisotopic (exact) mass is 361 g/mol. The fraction of sp³-hybridized carbons (Fsp3) is 0.435. The summed E-state index contributed by atoms with van der Waals surface area (Å²) in [5, 5.41) is 7.22. The Balaban J connectivity index is 1.51. The van der Waals surface area contributed by atoms with Gasteiger partial charge in [0.05, 0.1) is 18.1 Å². The molecule has 1 amide bonds. The number of amides is 1. The van der Waals surface area contributed by atoms with Gasteiger partial charge in [-0.05, 0) is 43.0 Å². The van der Waals surface area contributed by atoms with Gasteiger partial charge in [-0.1, -0.05) is 55.0 Å². The summed E-state index contributed by atoms with van der Waals surface area (Å²) < 4.78 is 0. The van der Waals surface area contributed by atoms with Crippen LogP contribution in [-0.4, -0.2) is 29.9 Å². The van der Waals surface area contributed by atoms with Gasteiger partial charge in [-0.15, -0.1) is 0 Å². The summed E-state index contributed by atoms with van der Waals surface area (Å²) in [5.41, 5.74) is 3.76. The second-order valence-electron chi connectivity index (χ2n) is 8.05. The Morgan fingerprint density at radius 3 is 2.59 bits per heavy atom. The van der Waals surface area contributed by atoms with Crippen molar-refractivity contribution in [2.24, 2.45) is 5.92 Å². The van der Waals surface area contributed by atoms with E-state index in [1.54, 1.807) is 0 Å². The Kier molecular flexibility index (Phi) is 4.36. The number of hydrogen-bond acceptors (Lipinski definition) is 3. The van der Waals surface area contributed by atoms with Crippen LogP contribution in [0.1, 0.15) is 48.9 Å². The smallest absolute Gasteiger partial charge is 0.240 e. The minimum absolute atomic E-state index is 0.00489. The van der Waals surface area contributed by atoms with E-state index in [1.807, 2.05) is 0 Å². The molecule has 2 fully saturated rings. The fourth-order valence-corrected chi connectivity index (χ4v) is 5.23. The van der Waals surface area contributed by atoms with Crippen molar-refractivity contribution in [3.63, 3.8) is 0 Å². The fourth-order valence-electron chi connectivity index (χ4n) is 5.23. The Labute approximate surface area is 161 Å². The Hall–Kier alpha value is -2.33. The highest BCUT2D eigenvalue weighted by Crippen LogP contribution is 2.51. The lowest BCUT2D eigenvalue weighted by molar-refractivity contribution is -0.135. The van der Waals surface area contributed by atoms with Gasteiger partial charge in [0.15, 0.2) is 0 Å². The standard InChI is InChI=1S/C23H27N3O/c27-23(20-12-6-7-14-24-20)26-15-13-18-21(16-8-2-1-3-9-16)25-19-11-5-4-10-17(19)22(18)26/h1-5,8-11,18,20-22,24-25H,6-7,12-15H2/t18-,20-,21+,22+/m1/s1. The first-order chi connectivity index (χ1) is 13.3. The molecule has 5 rings (SSSR count). The number of rotatable bonds is 2. The van der Waals surface area contributed by atoms with Crippen LogP contribution < -0.4 is 10.6 Å². The molecule has 0 aromatic heterocycles. The zero-order valence-electron chi connectivity index (χ0n) is 15.6. The number of benzene rings is 2. The number of hydrogen-bond donors (Lipinski definition) is 2. The molecule has 0 spiro atoms.